The third-order valence-electron chi connectivity index (χ3n) is 3.09. The Bertz CT molecular complexity index is 430. The lowest BCUT2D eigenvalue weighted by Crippen LogP contribution is -2.33. The van der Waals surface area contributed by atoms with Gasteiger partial charge in [0.25, 0.3) is 5.91 Å². The number of nitrogens with one attached hydrogen (secondary N) is 2. The summed E-state index contributed by atoms with van der Waals surface area (Å²) in [5, 5.41) is 6.19. The second-order valence-electron chi connectivity index (χ2n) is 6.13. The Balaban J connectivity index is 1.95. The van der Waals surface area contributed by atoms with Crippen molar-refractivity contribution >= 4 is 11.9 Å². The molecule has 0 bridgehead atoms. The highest BCUT2D eigenvalue weighted by Crippen LogP contribution is 2.18. The molecule has 0 radical (unpaired) electrons. The van der Waals surface area contributed by atoms with Crippen molar-refractivity contribution in [3.8, 4) is 0 Å². The second-order valence-corrected chi connectivity index (χ2v) is 6.13. The number of hydrogen-bond donors (Lipinski definition) is 2. The molecule has 1 heterocycles. The Morgan fingerprint density at radius 1 is 1.21 bits per heavy atom. The molecule has 1 aliphatic carbocycles. The molecule has 1 aromatic rings. The third-order valence-corrected chi connectivity index (χ3v) is 3.09. The molecule has 19 heavy (non-hydrogen) atoms. The molecular formula is C14H22N4O. The van der Waals surface area contributed by atoms with Crippen molar-refractivity contribution in [3.63, 3.8) is 0 Å². The summed E-state index contributed by atoms with van der Waals surface area (Å²) in [6.45, 7) is 6.12. The molecule has 0 atom stereocenters. The lowest BCUT2D eigenvalue weighted by Gasteiger charge is -2.20. The maximum Gasteiger partial charge on any atom is 0.254 e. The monoisotopic (exact) mass is 262 g/mol. The van der Waals surface area contributed by atoms with Gasteiger partial charge in [-0.25, -0.2) is 9.97 Å². The molecule has 0 aromatic carbocycles. The summed E-state index contributed by atoms with van der Waals surface area (Å²) in [5.74, 6) is 0.471. The van der Waals surface area contributed by atoms with Gasteiger partial charge in [0.05, 0.1) is 5.56 Å². The van der Waals surface area contributed by atoms with Gasteiger partial charge in [-0.3, -0.25) is 4.79 Å². The van der Waals surface area contributed by atoms with Crippen molar-refractivity contribution in [2.24, 2.45) is 0 Å². The molecule has 1 saturated carbocycles. The molecule has 5 nitrogen and oxygen atoms in total. The van der Waals surface area contributed by atoms with Crippen molar-refractivity contribution in [3.05, 3.63) is 18.0 Å². The predicted molar refractivity (Wildman–Crippen MR) is 75.1 cm³/mol. The first-order chi connectivity index (χ1) is 8.94. The van der Waals surface area contributed by atoms with E-state index in [1.807, 2.05) is 20.8 Å². The van der Waals surface area contributed by atoms with Gasteiger partial charge in [0.15, 0.2) is 0 Å². The Kier molecular flexibility index (Phi) is 4.02. The van der Waals surface area contributed by atoms with Crippen LogP contribution < -0.4 is 10.6 Å². The van der Waals surface area contributed by atoms with Crippen LogP contribution in [-0.4, -0.2) is 27.5 Å². The van der Waals surface area contributed by atoms with Crippen LogP contribution in [0.1, 0.15) is 56.8 Å². The number of hydrogen-bond acceptors (Lipinski definition) is 4. The summed E-state index contributed by atoms with van der Waals surface area (Å²) >= 11 is 0. The van der Waals surface area contributed by atoms with Gasteiger partial charge in [0, 0.05) is 24.0 Å². The number of anilines is 1. The average Bonchev–Trinajstić information content (AvgIpc) is 2.80. The molecule has 1 aromatic heterocycles. The molecule has 1 aliphatic rings. The Hall–Kier alpha value is -1.65. The predicted octanol–water partition coefficient (Wildman–Crippen LogP) is 2.36. The van der Waals surface area contributed by atoms with Crippen molar-refractivity contribution < 1.29 is 4.79 Å². The molecule has 1 fully saturated rings. The van der Waals surface area contributed by atoms with Crippen LogP contribution in [-0.2, 0) is 0 Å². The van der Waals surface area contributed by atoms with Crippen LogP contribution >= 0.6 is 0 Å². The molecule has 5 heteroatoms. The standard InChI is InChI=1S/C14H22N4O/c1-14(2,3)18-13-15-8-10(9-16-13)12(19)17-11-6-4-5-7-11/h8-9,11H,4-7H2,1-3H3,(H,17,19)(H,15,16,18). The van der Waals surface area contributed by atoms with Crippen LogP contribution in [0.3, 0.4) is 0 Å². The zero-order chi connectivity index (χ0) is 13.9. The van der Waals surface area contributed by atoms with E-state index in [4.69, 9.17) is 0 Å². The summed E-state index contributed by atoms with van der Waals surface area (Å²) in [5.41, 5.74) is 0.430. The van der Waals surface area contributed by atoms with E-state index >= 15 is 0 Å². The number of carbonyl (C=O) groups excluding carboxylic acids is 1. The zero-order valence-corrected chi connectivity index (χ0v) is 11.9. The van der Waals surface area contributed by atoms with E-state index in [9.17, 15) is 4.79 Å². The summed E-state index contributed by atoms with van der Waals surface area (Å²) in [7, 11) is 0. The molecule has 1 amide bonds. The molecule has 0 aliphatic heterocycles. The van der Waals surface area contributed by atoms with E-state index in [2.05, 4.69) is 20.6 Å². The first-order valence-electron chi connectivity index (χ1n) is 6.85. The minimum Gasteiger partial charge on any atom is -0.350 e. The fourth-order valence-electron chi connectivity index (χ4n) is 2.18. The van der Waals surface area contributed by atoms with E-state index in [1.54, 1.807) is 12.4 Å². The average molecular weight is 262 g/mol. The highest BCUT2D eigenvalue weighted by molar-refractivity contribution is 5.93. The van der Waals surface area contributed by atoms with Gasteiger partial charge in [-0.1, -0.05) is 12.8 Å². The van der Waals surface area contributed by atoms with Crippen molar-refractivity contribution in [2.45, 2.75) is 58.0 Å². The van der Waals surface area contributed by atoms with E-state index in [0.29, 0.717) is 17.6 Å². The number of carbonyl (C=O) groups is 1. The zero-order valence-electron chi connectivity index (χ0n) is 11.9. The van der Waals surface area contributed by atoms with Crippen LogP contribution in [0.15, 0.2) is 12.4 Å². The first kappa shape index (κ1) is 13.8. The van der Waals surface area contributed by atoms with E-state index in [0.717, 1.165) is 12.8 Å². The van der Waals surface area contributed by atoms with Crippen molar-refractivity contribution in [1.29, 1.82) is 0 Å². The normalized spacial score (nSPS) is 16.4. The SMILES string of the molecule is CC(C)(C)Nc1ncc(C(=O)NC2CCCC2)cn1. The molecule has 104 valence electrons. The smallest absolute Gasteiger partial charge is 0.254 e. The topological polar surface area (TPSA) is 66.9 Å². The largest absolute Gasteiger partial charge is 0.350 e. The number of aromatic nitrogens is 2. The summed E-state index contributed by atoms with van der Waals surface area (Å²) in [6, 6.07) is 0.319. The van der Waals surface area contributed by atoms with Crippen LogP contribution in [0.5, 0.6) is 0 Å². The van der Waals surface area contributed by atoms with Gasteiger partial charge in [0.2, 0.25) is 5.95 Å². The number of nitrogens with zero attached hydrogens (tertiary/aromatic N) is 2. The molecular weight excluding hydrogens is 240 g/mol. The molecule has 0 saturated heterocycles. The van der Waals surface area contributed by atoms with Crippen LogP contribution in [0.25, 0.3) is 0 Å². The third kappa shape index (κ3) is 4.19. The molecule has 2 rings (SSSR count). The Morgan fingerprint density at radius 3 is 2.32 bits per heavy atom. The van der Waals surface area contributed by atoms with E-state index in [1.165, 1.54) is 12.8 Å². The minimum atomic E-state index is -0.0897. The summed E-state index contributed by atoms with van der Waals surface area (Å²) in [4.78, 5) is 20.3. The van der Waals surface area contributed by atoms with Crippen LogP contribution in [0, 0.1) is 0 Å². The lowest BCUT2D eigenvalue weighted by atomic mass is 10.1. The number of rotatable bonds is 3. The molecule has 0 unspecified atom stereocenters. The summed E-state index contributed by atoms with van der Waals surface area (Å²) < 4.78 is 0. The van der Waals surface area contributed by atoms with E-state index < -0.39 is 0 Å². The number of amides is 1. The van der Waals surface area contributed by atoms with Crippen molar-refractivity contribution in [2.75, 3.05) is 5.32 Å². The van der Waals surface area contributed by atoms with Gasteiger partial charge in [-0.15, -0.1) is 0 Å². The maximum atomic E-state index is 12.0. The summed E-state index contributed by atoms with van der Waals surface area (Å²) in [6.07, 6.45) is 7.72. The quantitative estimate of drug-likeness (QED) is 0.877. The fourth-order valence-corrected chi connectivity index (χ4v) is 2.18. The van der Waals surface area contributed by atoms with Gasteiger partial charge >= 0.3 is 0 Å². The van der Waals surface area contributed by atoms with Gasteiger partial charge in [0.1, 0.15) is 0 Å². The lowest BCUT2D eigenvalue weighted by molar-refractivity contribution is 0.0937. The Labute approximate surface area is 114 Å². The van der Waals surface area contributed by atoms with Crippen molar-refractivity contribution in [1.82, 2.24) is 15.3 Å². The van der Waals surface area contributed by atoms with Gasteiger partial charge in [-0.2, -0.15) is 0 Å². The molecule has 0 spiro atoms. The Morgan fingerprint density at radius 2 is 1.79 bits per heavy atom. The fraction of sp³-hybridized carbons (Fsp3) is 0.643. The van der Waals surface area contributed by atoms with E-state index in [-0.39, 0.29) is 11.4 Å². The maximum absolute atomic E-state index is 12.0. The second kappa shape index (κ2) is 5.55. The highest BCUT2D eigenvalue weighted by atomic mass is 16.1. The minimum absolute atomic E-state index is 0.0748. The van der Waals surface area contributed by atoms with Gasteiger partial charge in [-0.05, 0) is 33.6 Å². The van der Waals surface area contributed by atoms with Crippen LogP contribution in [0.2, 0.25) is 0 Å². The highest BCUT2D eigenvalue weighted by Gasteiger charge is 2.18. The molecule has 2 N–H and O–H groups in total. The first-order valence-corrected chi connectivity index (χ1v) is 6.85. The van der Waals surface area contributed by atoms with Crippen LogP contribution in [0.4, 0.5) is 5.95 Å². The van der Waals surface area contributed by atoms with Gasteiger partial charge < -0.3 is 10.6 Å².